The van der Waals surface area contributed by atoms with Crippen molar-refractivity contribution in [3.05, 3.63) is 64.5 Å². The van der Waals surface area contributed by atoms with Gasteiger partial charge in [-0.2, -0.15) is 4.31 Å². The molecule has 3 aromatic rings. The van der Waals surface area contributed by atoms with Gasteiger partial charge in [0, 0.05) is 18.7 Å². The van der Waals surface area contributed by atoms with E-state index in [0.717, 1.165) is 27.8 Å². The molecule has 0 N–H and O–H groups in total. The third-order valence-corrected chi connectivity index (χ3v) is 8.96. The molecule has 8 nitrogen and oxygen atoms in total. The molecule has 2 aromatic carbocycles. The minimum atomic E-state index is -3.66. The van der Waals surface area contributed by atoms with Crippen molar-refractivity contribution in [1.29, 1.82) is 0 Å². The largest absolute Gasteiger partial charge is 0.452 e. The van der Waals surface area contributed by atoms with Gasteiger partial charge in [-0.1, -0.05) is 24.3 Å². The van der Waals surface area contributed by atoms with Crippen molar-refractivity contribution in [2.75, 3.05) is 13.1 Å². The quantitative estimate of drug-likeness (QED) is 0.456. The predicted octanol–water partition coefficient (Wildman–Crippen LogP) is 4.68. The van der Waals surface area contributed by atoms with Gasteiger partial charge in [-0.15, -0.1) is 10.2 Å². The van der Waals surface area contributed by atoms with Crippen LogP contribution in [0.25, 0.3) is 11.5 Å². The third-order valence-electron chi connectivity index (χ3n) is 6.78. The number of carbonyl (C=O) groups is 1. The second-order valence-corrected chi connectivity index (χ2v) is 11.0. The number of ether oxygens (including phenoxy) is 1. The summed E-state index contributed by atoms with van der Waals surface area (Å²) < 4.78 is 39.7. The molecule has 35 heavy (non-hydrogen) atoms. The van der Waals surface area contributed by atoms with Gasteiger partial charge < -0.3 is 9.15 Å². The number of rotatable bonds is 6. The highest BCUT2D eigenvalue weighted by Crippen LogP contribution is 2.32. The molecule has 4 rings (SSSR count). The number of hydrogen-bond donors (Lipinski definition) is 0. The molecule has 1 fully saturated rings. The Bertz CT molecular complexity index is 1300. The highest BCUT2D eigenvalue weighted by Gasteiger charge is 2.35. The van der Waals surface area contributed by atoms with Gasteiger partial charge in [0.05, 0.1) is 10.8 Å². The summed E-state index contributed by atoms with van der Waals surface area (Å²) in [4.78, 5) is 13.2. The van der Waals surface area contributed by atoms with Crippen molar-refractivity contribution in [1.82, 2.24) is 14.5 Å². The first kappa shape index (κ1) is 25.1. The second-order valence-electron chi connectivity index (χ2n) is 9.16. The summed E-state index contributed by atoms with van der Waals surface area (Å²) in [5.41, 5.74) is 4.24. The van der Waals surface area contributed by atoms with Gasteiger partial charge in [-0.25, -0.2) is 8.42 Å². The molecular weight excluding hydrogens is 466 g/mol. The number of carbonyl (C=O) groups excluding carboxylic acids is 1. The van der Waals surface area contributed by atoms with Crippen LogP contribution in [-0.4, -0.2) is 42.0 Å². The van der Waals surface area contributed by atoms with Crippen LogP contribution in [0.5, 0.6) is 0 Å². The van der Waals surface area contributed by atoms with E-state index in [9.17, 15) is 13.2 Å². The Morgan fingerprint density at radius 2 is 1.63 bits per heavy atom. The lowest BCUT2D eigenvalue weighted by Gasteiger charge is -2.31. The SMILES string of the molecule is Cc1cc(C)c(C)c(S(=O)(=O)N2CCC(C(=O)OC(C)c3nnc(-c4ccccc4)o3)CC2)c1C. The van der Waals surface area contributed by atoms with E-state index in [1.54, 1.807) is 6.92 Å². The van der Waals surface area contributed by atoms with E-state index >= 15 is 0 Å². The Kier molecular flexibility index (Phi) is 7.10. The number of hydrogen-bond acceptors (Lipinski definition) is 7. The average Bonchev–Trinajstić information content (AvgIpc) is 3.34. The topological polar surface area (TPSA) is 103 Å². The van der Waals surface area contributed by atoms with Crippen LogP contribution in [-0.2, 0) is 19.6 Å². The maximum Gasteiger partial charge on any atom is 0.309 e. The average molecular weight is 498 g/mol. The van der Waals surface area contributed by atoms with E-state index in [1.807, 2.05) is 64.1 Å². The van der Waals surface area contributed by atoms with E-state index in [0.29, 0.717) is 23.6 Å². The number of esters is 1. The lowest BCUT2D eigenvalue weighted by Crippen LogP contribution is -2.41. The predicted molar refractivity (Wildman–Crippen MR) is 131 cm³/mol. The maximum absolute atomic E-state index is 13.5. The monoisotopic (exact) mass is 497 g/mol. The second kappa shape index (κ2) is 9.91. The molecule has 9 heteroatoms. The van der Waals surface area contributed by atoms with Gasteiger partial charge in [0.15, 0.2) is 6.10 Å². The minimum absolute atomic E-state index is 0.220. The maximum atomic E-state index is 13.5. The molecular formula is C26H31N3O5S. The summed E-state index contributed by atoms with van der Waals surface area (Å²) in [6.45, 7) is 9.77. The molecule has 0 bridgehead atoms. The zero-order chi connectivity index (χ0) is 25.3. The molecule has 1 aliphatic heterocycles. The molecule has 2 heterocycles. The molecule has 0 amide bonds. The molecule has 1 unspecified atom stereocenters. The van der Waals surface area contributed by atoms with Gasteiger partial charge in [0.1, 0.15) is 0 Å². The third kappa shape index (κ3) is 5.01. The zero-order valence-corrected chi connectivity index (χ0v) is 21.6. The summed E-state index contributed by atoms with van der Waals surface area (Å²) in [5.74, 6) is -0.188. The van der Waals surface area contributed by atoms with Crippen molar-refractivity contribution in [3.8, 4) is 11.5 Å². The van der Waals surface area contributed by atoms with Crippen molar-refractivity contribution >= 4 is 16.0 Å². The molecule has 1 aliphatic rings. The number of benzene rings is 2. The summed E-state index contributed by atoms with van der Waals surface area (Å²) in [6, 6.07) is 11.4. The lowest BCUT2D eigenvalue weighted by molar-refractivity contribution is -0.156. The van der Waals surface area contributed by atoms with Gasteiger partial charge >= 0.3 is 5.97 Å². The van der Waals surface area contributed by atoms with Crippen molar-refractivity contribution < 1.29 is 22.4 Å². The van der Waals surface area contributed by atoms with E-state index in [-0.39, 0.29) is 30.9 Å². The number of nitrogens with zero attached hydrogens (tertiary/aromatic N) is 3. The summed E-state index contributed by atoms with van der Waals surface area (Å²) in [5, 5.41) is 8.06. The van der Waals surface area contributed by atoms with Crippen LogP contribution in [0.1, 0.15) is 54.0 Å². The van der Waals surface area contributed by atoms with Crippen molar-refractivity contribution in [3.63, 3.8) is 0 Å². The number of piperidine rings is 1. The van der Waals surface area contributed by atoms with Crippen LogP contribution < -0.4 is 0 Å². The highest BCUT2D eigenvalue weighted by atomic mass is 32.2. The number of aromatic nitrogens is 2. The van der Waals surface area contributed by atoms with E-state index in [1.165, 1.54) is 4.31 Å². The lowest BCUT2D eigenvalue weighted by atomic mass is 9.98. The standard InChI is InChI=1S/C26H31N3O5S/c1-16-15-17(2)19(4)23(18(16)3)35(31,32)29-13-11-22(12-14-29)26(30)33-20(5)24-27-28-25(34-24)21-9-7-6-8-10-21/h6-10,15,20,22H,11-14H2,1-5H3. The van der Waals surface area contributed by atoms with Gasteiger partial charge in [0.2, 0.25) is 15.9 Å². The Morgan fingerprint density at radius 1 is 1.03 bits per heavy atom. The van der Waals surface area contributed by atoms with Crippen LogP contribution >= 0.6 is 0 Å². The van der Waals surface area contributed by atoms with E-state index in [4.69, 9.17) is 9.15 Å². The van der Waals surface area contributed by atoms with Crippen molar-refractivity contribution in [2.24, 2.45) is 5.92 Å². The molecule has 0 saturated carbocycles. The molecule has 1 saturated heterocycles. The van der Waals surface area contributed by atoms with Crippen LogP contribution in [0.3, 0.4) is 0 Å². The molecule has 1 aromatic heterocycles. The number of aryl methyl sites for hydroxylation is 2. The molecule has 186 valence electrons. The smallest absolute Gasteiger partial charge is 0.309 e. The normalized spacial score (nSPS) is 16.3. The summed E-state index contributed by atoms with van der Waals surface area (Å²) >= 11 is 0. The number of sulfonamides is 1. The Morgan fingerprint density at radius 3 is 2.23 bits per heavy atom. The summed E-state index contributed by atoms with van der Waals surface area (Å²) in [7, 11) is -3.66. The first-order valence-electron chi connectivity index (χ1n) is 11.8. The summed E-state index contributed by atoms with van der Waals surface area (Å²) in [6.07, 6.45) is 0.0920. The van der Waals surface area contributed by atoms with E-state index < -0.39 is 16.1 Å². The van der Waals surface area contributed by atoms with Gasteiger partial charge in [0.25, 0.3) is 5.89 Å². The fraction of sp³-hybridized carbons (Fsp3) is 0.423. The minimum Gasteiger partial charge on any atom is -0.452 e. The van der Waals surface area contributed by atoms with Crippen LogP contribution in [0.4, 0.5) is 0 Å². The molecule has 0 aliphatic carbocycles. The highest BCUT2D eigenvalue weighted by molar-refractivity contribution is 7.89. The van der Waals surface area contributed by atoms with Crippen LogP contribution in [0.15, 0.2) is 45.7 Å². The molecule has 1 atom stereocenters. The molecule has 0 spiro atoms. The van der Waals surface area contributed by atoms with Crippen molar-refractivity contribution in [2.45, 2.75) is 58.5 Å². The van der Waals surface area contributed by atoms with Crippen LogP contribution in [0.2, 0.25) is 0 Å². The fourth-order valence-electron chi connectivity index (χ4n) is 4.45. The van der Waals surface area contributed by atoms with Crippen LogP contribution in [0, 0.1) is 33.6 Å². The Hall–Kier alpha value is -3.04. The first-order valence-corrected chi connectivity index (χ1v) is 13.2. The van der Waals surface area contributed by atoms with E-state index in [2.05, 4.69) is 10.2 Å². The first-order chi connectivity index (χ1) is 16.6. The van der Waals surface area contributed by atoms with Gasteiger partial charge in [-0.3, -0.25) is 4.79 Å². The van der Waals surface area contributed by atoms with Gasteiger partial charge in [-0.05, 0) is 81.8 Å². The Balaban J connectivity index is 1.39. The fourth-order valence-corrected chi connectivity index (χ4v) is 6.49. The zero-order valence-electron chi connectivity index (χ0n) is 20.7. The Labute approximate surface area is 206 Å². The molecule has 0 radical (unpaired) electrons.